The van der Waals surface area contributed by atoms with E-state index in [4.69, 9.17) is 4.42 Å². The topological polar surface area (TPSA) is 84.2 Å². The van der Waals surface area contributed by atoms with Crippen molar-refractivity contribution in [1.29, 1.82) is 0 Å². The van der Waals surface area contributed by atoms with Crippen molar-refractivity contribution in [1.82, 2.24) is 15.6 Å². The number of rotatable bonds is 6. The van der Waals surface area contributed by atoms with E-state index in [9.17, 15) is 9.59 Å². The van der Waals surface area contributed by atoms with E-state index < -0.39 is 11.9 Å². The maximum Gasteiger partial charge on any atom is 0.287 e. The summed E-state index contributed by atoms with van der Waals surface area (Å²) >= 11 is 1.76. The highest BCUT2D eigenvalue weighted by atomic mass is 32.1. The van der Waals surface area contributed by atoms with Crippen molar-refractivity contribution in [3.63, 3.8) is 0 Å². The van der Waals surface area contributed by atoms with E-state index in [0.29, 0.717) is 6.54 Å². The van der Waals surface area contributed by atoms with E-state index in [-0.39, 0.29) is 11.7 Å². The Hall–Kier alpha value is -2.15. The van der Waals surface area contributed by atoms with Crippen LogP contribution in [0.2, 0.25) is 0 Å². The molecule has 1 aliphatic rings. The molecule has 0 radical (unpaired) electrons. The Balaban J connectivity index is 1.43. The van der Waals surface area contributed by atoms with Crippen LogP contribution in [0.25, 0.3) is 0 Å². The summed E-state index contributed by atoms with van der Waals surface area (Å²) in [5.74, 6) is -0.408. The number of carbonyl (C=O) groups is 2. The van der Waals surface area contributed by atoms with E-state index in [2.05, 4.69) is 15.6 Å². The highest BCUT2D eigenvalue weighted by molar-refractivity contribution is 7.11. The van der Waals surface area contributed by atoms with Gasteiger partial charge in [-0.05, 0) is 44.7 Å². The molecule has 0 aliphatic heterocycles. The first-order valence-corrected chi connectivity index (χ1v) is 9.04. The molecule has 0 saturated heterocycles. The number of nitrogens with one attached hydrogen (secondary N) is 2. The molecule has 3 rings (SSSR count). The van der Waals surface area contributed by atoms with Gasteiger partial charge in [0.15, 0.2) is 5.76 Å². The van der Waals surface area contributed by atoms with Gasteiger partial charge in [-0.25, -0.2) is 4.98 Å². The fraction of sp³-hybridized carbons (Fsp3) is 0.471. The summed E-state index contributed by atoms with van der Waals surface area (Å²) in [6.45, 7) is 2.17. The fourth-order valence-electron chi connectivity index (χ4n) is 2.70. The van der Waals surface area contributed by atoms with Crippen LogP contribution >= 0.6 is 11.3 Å². The molecule has 2 aromatic heterocycles. The number of amides is 2. The lowest BCUT2D eigenvalue weighted by Crippen LogP contribution is -2.45. The molecule has 128 valence electrons. The molecule has 0 spiro atoms. The second kappa shape index (κ2) is 7.61. The molecule has 0 unspecified atom stereocenters. The summed E-state index contributed by atoms with van der Waals surface area (Å²) in [7, 11) is 0. The van der Waals surface area contributed by atoms with Crippen molar-refractivity contribution in [2.24, 2.45) is 0 Å². The Kier molecular flexibility index (Phi) is 5.30. The van der Waals surface area contributed by atoms with Crippen LogP contribution in [0.15, 0.2) is 22.8 Å². The Bertz CT molecular complexity index is 685. The molecule has 7 heteroatoms. The van der Waals surface area contributed by atoms with Crippen LogP contribution in [0.3, 0.4) is 0 Å². The summed E-state index contributed by atoms with van der Waals surface area (Å²) in [4.78, 5) is 30.0. The van der Waals surface area contributed by atoms with Crippen molar-refractivity contribution in [2.45, 2.75) is 45.1 Å². The number of nitrogens with zero attached hydrogens (tertiary/aromatic N) is 1. The van der Waals surface area contributed by atoms with Crippen LogP contribution in [0.1, 0.15) is 45.9 Å². The molecule has 0 aromatic carbocycles. The largest absolute Gasteiger partial charge is 0.459 e. The van der Waals surface area contributed by atoms with Gasteiger partial charge in [0.1, 0.15) is 6.04 Å². The van der Waals surface area contributed by atoms with Crippen LogP contribution in [0.5, 0.6) is 0 Å². The zero-order valence-electron chi connectivity index (χ0n) is 13.6. The van der Waals surface area contributed by atoms with Crippen molar-refractivity contribution < 1.29 is 14.0 Å². The summed E-state index contributed by atoms with van der Waals surface area (Å²) in [5.41, 5.74) is 1.24. The Morgan fingerprint density at radius 3 is 2.96 bits per heavy atom. The van der Waals surface area contributed by atoms with E-state index in [1.54, 1.807) is 30.4 Å². The van der Waals surface area contributed by atoms with Crippen LogP contribution in [-0.4, -0.2) is 29.4 Å². The van der Waals surface area contributed by atoms with Gasteiger partial charge in [-0.3, -0.25) is 9.59 Å². The minimum Gasteiger partial charge on any atom is -0.459 e. The second-order valence-corrected chi connectivity index (χ2v) is 7.07. The highest BCUT2D eigenvalue weighted by Crippen LogP contribution is 2.26. The van der Waals surface area contributed by atoms with Crippen LogP contribution in [-0.2, 0) is 24.1 Å². The summed E-state index contributed by atoms with van der Waals surface area (Å²) in [5, 5.41) is 6.54. The monoisotopic (exact) mass is 347 g/mol. The number of aromatic nitrogens is 1. The molecule has 1 atom stereocenters. The number of carbonyl (C=O) groups excluding carboxylic acids is 2. The van der Waals surface area contributed by atoms with Crippen LogP contribution in [0, 0.1) is 0 Å². The fourth-order valence-corrected chi connectivity index (χ4v) is 3.86. The van der Waals surface area contributed by atoms with Gasteiger partial charge in [0.05, 0.1) is 17.0 Å². The molecular formula is C17H21N3O3S. The molecule has 2 heterocycles. The molecular weight excluding hydrogens is 326 g/mol. The Morgan fingerprint density at radius 2 is 2.21 bits per heavy atom. The predicted octanol–water partition coefficient (Wildman–Crippen LogP) is 2.09. The molecule has 2 aromatic rings. The molecule has 24 heavy (non-hydrogen) atoms. The van der Waals surface area contributed by atoms with E-state index >= 15 is 0 Å². The van der Waals surface area contributed by atoms with Gasteiger partial charge >= 0.3 is 0 Å². The number of furan rings is 1. The lowest BCUT2D eigenvalue weighted by Gasteiger charge is -2.12. The average Bonchev–Trinajstić information content (AvgIpc) is 3.23. The second-order valence-electron chi connectivity index (χ2n) is 5.90. The summed E-state index contributed by atoms with van der Waals surface area (Å²) in [6.07, 6.45) is 6.83. The minimum atomic E-state index is -0.618. The third-order valence-electron chi connectivity index (χ3n) is 4.01. The summed E-state index contributed by atoms with van der Waals surface area (Å²) in [6, 6.07) is 2.57. The first-order valence-electron chi connectivity index (χ1n) is 8.23. The van der Waals surface area contributed by atoms with Crippen molar-refractivity contribution >= 4 is 23.2 Å². The quantitative estimate of drug-likeness (QED) is 0.838. The van der Waals surface area contributed by atoms with Gasteiger partial charge in [-0.15, -0.1) is 11.3 Å². The maximum absolute atomic E-state index is 12.1. The molecule has 2 amide bonds. The molecule has 1 aliphatic carbocycles. The van der Waals surface area contributed by atoms with Gasteiger partial charge in [0.25, 0.3) is 5.91 Å². The summed E-state index contributed by atoms with van der Waals surface area (Å²) < 4.78 is 5.00. The van der Waals surface area contributed by atoms with Gasteiger partial charge in [0.2, 0.25) is 5.91 Å². The molecule has 0 bridgehead atoms. The van der Waals surface area contributed by atoms with Gasteiger partial charge in [0, 0.05) is 17.8 Å². The smallest absolute Gasteiger partial charge is 0.287 e. The number of hydrogen-bond donors (Lipinski definition) is 2. The Morgan fingerprint density at radius 1 is 1.38 bits per heavy atom. The molecule has 0 saturated carbocycles. The van der Waals surface area contributed by atoms with Crippen molar-refractivity contribution in [3.8, 4) is 0 Å². The minimum absolute atomic E-state index is 0.197. The highest BCUT2D eigenvalue weighted by Gasteiger charge is 2.18. The first-order chi connectivity index (χ1) is 11.6. The predicted molar refractivity (Wildman–Crippen MR) is 91.1 cm³/mol. The van der Waals surface area contributed by atoms with E-state index in [0.717, 1.165) is 24.3 Å². The Labute approximate surface area is 144 Å². The normalized spacial score (nSPS) is 14.7. The third-order valence-corrected chi connectivity index (χ3v) is 5.23. The zero-order chi connectivity index (χ0) is 16.9. The van der Waals surface area contributed by atoms with E-state index in [1.165, 1.54) is 29.7 Å². The number of thiazole rings is 1. The van der Waals surface area contributed by atoms with Crippen molar-refractivity contribution in [3.05, 3.63) is 39.7 Å². The number of aryl methyl sites for hydroxylation is 2. The third kappa shape index (κ3) is 4.03. The molecule has 0 fully saturated rings. The van der Waals surface area contributed by atoms with E-state index in [1.807, 2.05) is 0 Å². The zero-order valence-corrected chi connectivity index (χ0v) is 14.4. The lowest BCUT2D eigenvalue weighted by atomic mass is 10.0. The van der Waals surface area contributed by atoms with Gasteiger partial charge in [-0.2, -0.15) is 0 Å². The van der Waals surface area contributed by atoms with Crippen molar-refractivity contribution in [2.75, 3.05) is 6.54 Å². The number of hydrogen-bond acceptors (Lipinski definition) is 5. The van der Waals surface area contributed by atoms with Crippen LogP contribution in [0.4, 0.5) is 0 Å². The van der Waals surface area contributed by atoms with Gasteiger partial charge in [-0.1, -0.05) is 0 Å². The maximum atomic E-state index is 12.1. The molecule has 2 N–H and O–H groups in total. The average molecular weight is 347 g/mol. The van der Waals surface area contributed by atoms with Gasteiger partial charge < -0.3 is 15.1 Å². The lowest BCUT2D eigenvalue weighted by molar-refractivity contribution is -0.122. The number of fused-ring (bicyclic) bond motifs is 1. The van der Waals surface area contributed by atoms with Crippen LogP contribution < -0.4 is 10.6 Å². The standard InChI is InChI=1S/C17H21N3O3S/c1-11(19-17(22)13-6-4-10-23-13)16(21)18-9-8-15-20-12-5-2-3-7-14(12)24-15/h4,6,10-11H,2-3,5,7-9H2,1H3,(H,18,21)(H,19,22)/t11-/m1/s1. The first kappa shape index (κ1) is 16.7. The SMILES string of the molecule is C[C@@H](NC(=O)c1ccco1)C(=O)NCCc1nc2c(s1)CCCC2. The molecule has 6 nitrogen and oxygen atoms in total.